The number of anilines is 1. The lowest BCUT2D eigenvalue weighted by Gasteiger charge is -2.05. The molecular weight excluding hydrogens is 410 g/mol. The summed E-state index contributed by atoms with van der Waals surface area (Å²) in [4.78, 5) is 12.1. The van der Waals surface area contributed by atoms with Crippen LogP contribution in [0, 0.1) is 0 Å². The Balaban J connectivity index is 1.43. The number of nitrogens with zero attached hydrogens (tertiary/aromatic N) is 2. The lowest BCUT2D eigenvalue weighted by molar-refractivity contribution is -0.111. The summed E-state index contributed by atoms with van der Waals surface area (Å²) in [5.74, 6) is 1.42. The van der Waals surface area contributed by atoms with E-state index in [0.717, 1.165) is 34.9 Å². The van der Waals surface area contributed by atoms with E-state index in [0.29, 0.717) is 24.8 Å². The Hall–Kier alpha value is -3.19. The molecule has 1 aromatic heterocycles. The number of hydrogen-bond acceptors (Lipinski definition) is 6. The second-order valence-corrected chi connectivity index (χ2v) is 7.90. The highest BCUT2D eigenvalue weighted by Gasteiger charge is 2.07. The number of carbonyl (C=O) groups excluding carboxylic acids is 1. The molecule has 0 saturated heterocycles. The van der Waals surface area contributed by atoms with Gasteiger partial charge in [0.25, 0.3) is 0 Å². The fourth-order valence-corrected chi connectivity index (χ4v) is 3.42. The van der Waals surface area contributed by atoms with E-state index < -0.39 is 0 Å². The van der Waals surface area contributed by atoms with Crippen molar-refractivity contribution in [1.82, 2.24) is 10.2 Å². The Morgan fingerprint density at radius 3 is 2.32 bits per heavy atom. The van der Waals surface area contributed by atoms with Crippen molar-refractivity contribution in [3.05, 3.63) is 70.7 Å². The average Bonchev–Trinajstić information content (AvgIpc) is 3.24. The van der Waals surface area contributed by atoms with E-state index in [1.54, 1.807) is 6.08 Å². The molecule has 0 fully saturated rings. The van der Waals surface area contributed by atoms with Crippen LogP contribution in [0.4, 0.5) is 5.13 Å². The van der Waals surface area contributed by atoms with Gasteiger partial charge in [-0.1, -0.05) is 49.4 Å². The molecule has 31 heavy (non-hydrogen) atoms. The lowest BCUT2D eigenvalue weighted by Crippen LogP contribution is -2.07. The van der Waals surface area contributed by atoms with Crippen LogP contribution in [0.3, 0.4) is 0 Å². The molecule has 0 aliphatic rings. The number of ether oxygens (including phenoxy) is 2. The number of amides is 1. The predicted octanol–water partition coefficient (Wildman–Crippen LogP) is 5.16. The number of benzene rings is 2. The quantitative estimate of drug-likeness (QED) is 0.419. The van der Waals surface area contributed by atoms with Gasteiger partial charge in [-0.2, -0.15) is 0 Å². The maximum absolute atomic E-state index is 12.1. The van der Waals surface area contributed by atoms with Crippen LogP contribution in [0.15, 0.2) is 54.6 Å². The van der Waals surface area contributed by atoms with Crippen LogP contribution < -0.4 is 14.8 Å². The fourth-order valence-electron chi connectivity index (χ4n) is 2.70. The summed E-state index contributed by atoms with van der Waals surface area (Å²) >= 11 is 1.35. The van der Waals surface area contributed by atoms with Crippen molar-refractivity contribution in [3.63, 3.8) is 0 Å². The summed E-state index contributed by atoms with van der Waals surface area (Å²) in [6.07, 6.45) is 5.83. The molecule has 162 valence electrons. The zero-order valence-electron chi connectivity index (χ0n) is 17.8. The number of carbonyl (C=O) groups is 1. The second-order valence-electron chi connectivity index (χ2n) is 6.84. The van der Waals surface area contributed by atoms with E-state index in [-0.39, 0.29) is 5.91 Å². The first-order valence-corrected chi connectivity index (χ1v) is 11.2. The third-order valence-corrected chi connectivity index (χ3v) is 5.29. The number of hydrogen-bond donors (Lipinski definition) is 1. The number of nitrogens with one attached hydrogen (secondary N) is 1. The minimum absolute atomic E-state index is 0.249. The van der Waals surface area contributed by atoms with Gasteiger partial charge in [-0.25, -0.2) is 0 Å². The van der Waals surface area contributed by atoms with Crippen molar-refractivity contribution in [2.24, 2.45) is 0 Å². The largest absolute Gasteiger partial charge is 0.494 e. The minimum Gasteiger partial charge on any atom is -0.494 e. The van der Waals surface area contributed by atoms with Crippen molar-refractivity contribution in [1.29, 1.82) is 0 Å². The number of aromatic nitrogens is 2. The standard InChI is InChI=1S/C24H27N3O3S/c1-3-16-29-20-12-7-19(8-13-20)9-14-22(28)25-24-27-26-23(31-24)15-17-30-21-10-5-18(4-2)6-11-21/h5-14H,3-4,15-17H2,1-2H3,(H,25,27,28)/b14-9+. The molecule has 1 amide bonds. The first-order valence-electron chi connectivity index (χ1n) is 10.4. The summed E-state index contributed by atoms with van der Waals surface area (Å²) < 4.78 is 11.3. The van der Waals surface area contributed by atoms with Crippen molar-refractivity contribution in [2.45, 2.75) is 33.1 Å². The van der Waals surface area contributed by atoms with Gasteiger partial charge in [-0.3, -0.25) is 10.1 Å². The Labute approximate surface area is 186 Å². The molecule has 1 heterocycles. The van der Waals surface area contributed by atoms with E-state index in [4.69, 9.17) is 9.47 Å². The molecule has 2 aromatic carbocycles. The molecule has 3 rings (SSSR count). The van der Waals surface area contributed by atoms with Gasteiger partial charge >= 0.3 is 0 Å². The zero-order chi connectivity index (χ0) is 21.9. The van der Waals surface area contributed by atoms with Crippen molar-refractivity contribution >= 4 is 28.5 Å². The molecular formula is C24H27N3O3S. The van der Waals surface area contributed by atoms with Crippen LogP contribution in [-0.2, 0) is 17.6 Å². The van der Waals surface area contributed by atoms with E-state index in [1.165, 1.54) is 23.0 Å². The fraction of sp³-hybridized carbons (Fsp3) is 0.292. The molecule has 6 nitrogen and oxygen atoms in total. The van der Waals surface area contributed by atoms with Crippen molar-refractivity contribution < 1.29 is 14.3 Å². The van der Waals surface area contributed by atoms with Gasteiger partial charge in [-0.05, 0) is 54.3 Å². The summed E-state index contributed by atoms with van der Waals surface area (Å²) in [6, 6.07) is 15.7. The second kappa shape index (κ2) is 11.9. The van der Waals surface area contributed by atoms with Crippen LogP contribution in [0.2, 0.25) is 0 Å². The summed E-state index contributed by atoms with van der Waals surface area (Å²) in [5.41, 5.74) is 2.20. The van der Waals surface area contributed by atoms with Gasteiger partial charge in [0.15, 0.2) is 0 Å². The van der Waals surface area contributed by atoms with Gasteiger partial charge < -0.3 is 9.47 Å². The predicted molar refractivity (Wildman–Crippen MR) is 125 cm³/mol. The third kappa shape index (κ3) is 7.53. The molecule has 7 heteroatoms. The normalized spacial score (nSPS) is 10.9. The summed E-state index contributed by atoms with van der Waals surface area (Å²) in [7, 11) is 0. The SMILES string of the molecule is CCCOc1ccc(/C=C/C(=O)Nc2nnc(CCOc3ccc(CC)cc3)s2)cc1. The number of aryl methyl sites for hydroxylation is 1. The Morgan fingerprint density at radius 1 is 0.968 bits per heavy atom. The molecule has 0 aliphatic carbocycles. The van der Waals surface area contributed by atoms with Crippen LogP contribution in [0.1, 0.15) is 36.4 Å². The van der Waals surface area contributed by atoms with E-state index >= 15 is 0 Å². The van der Waals surface area contributed by atoms with Crippen LogP contribution in [0.5, 0.6) is 11.5 Å². The molecule has 0 saturated carbocycles. The highest BCUT2D eigenvalue weighted by molar-refractivity contribution is 7.15. The average molecular weight is 438 g/mol. The highest BCUT2D eigenvalue weighted by Crippen LogP contribution is 2.18. The lowest BCUT2D eigenvalue weighted by atomic mass is 10.2. The van der Waals surface area contributed by atoms with Gasteiger partial charge in [0.05, 0.1) is 13.2 Å². The molecule has 0 bridgehead atoms. The molecule has 0 spiro atoms. The minimum atomic E-state index is -0.249. The molecule has 1 N–H and O–H groups in total. The molecule has 0 unspecified atom stereocenters. The van der Waals surface area contributed by atoms with E-state index in [9.17, 15) is 4.79 Å². The first-order chi connectivity index (χ1) is 15.2. The van der Waals surface area contributed by atoms with Crippen LogP contribution >= 0.6 is 11.3 Å². The van der Waals surface area contributed by atoms with Crippen LogP contribution in [-0.4, -0.2) is 29.3 Å². The summed E-state index contributed by atoms with van der Waals surface area (Å²) in [6.45, 7) is 5.39. The zero-order valence-corrected chi connectivity index (χ0v) is 18.7. The van der Waals surface area contributed by atoms with Gasteiger partial charge in [0, 0.05) is 12.5 Å². The first kappa shape index (κ1) is 22.5. The van der Waals surface area contributed by atoms with E-state index in [2.05, 4.69) is 41.5 Å². The molecule has 0 radical (unpaired) electrons. The number of rotatable bonds is 11. The molecule has 0 atom stereocenters. The smallest absolute Gasteiger partial charge is 0.250 e. The van der Waals surface area contributed by atoms with Gasteiger partial charge in [0.1, 0.15) is 16.5 Å². The monoisotopic (exact) mass is 437 g/mol. The maximum Gasteiger partial charge on any atom is 0.250 e. The molecule has 3 aromatic rings. The summed E-state index contributed by atoms with van der Waals surface area (Å²) in [5, 5.41) is 12.2. The topological polar surface area (TPSA) is 73.3 Å². The van der Waals surface area contributed by atoms with Gasteiger partial charge in [-0.15, -0.1) is 10.2 Å². The highest BCUT2D eigenvalue weighted by atomic mass is 32.1. The van der Waals surface area contributed by atoms with Gasteiger partial charge in [0.2, 0.25) is 11.0 Å². The van der Waals surface area contributed by atoms with Crippen LogP contribution in [0.25, 0.3) is 6.08 Å². The Kier molecular flexibility index (Phi) is 8.60. The third-order valence-electron chi connectivity index (χ3n) is 4.39. The molecule has 0 aliphatic heterocycles. The Morgan fingerprint density at radius 2 is 1.65 bits per heavy atom. The maximum atomic E-state index is 12.1. The Bertz CT molecular complexity index is 982. The van der Waals surface area contributed by atoms with E-state index in [1.807, 2.05) is 36.4 Å². The van der Waals surface area contributed by atoms with Crippen molar-refractivity contribution in [3.8, 4) is 11.5 Å². The van der Waals surface area contributed by atoms with Crippen molar-refractivity contribution in [2.75, 3.05) is 18.5 Å².